The molecule has 0 saturated heterocycles. The Morgan fingerprint density at radius 3 is 2.57 bits per heavy atom. The Labute approximate surface area is 91.3 Å². The van der Waals surface area contributed by atoms with Gasteiger partial charge in [0.1, 0.15) is 11.6 Å². The van der Waals surface area contributed by atoms with Gasteiger partial charge in [0.15, 0.2) is 0 Å². The van der Waals surface area contributed by atoms with Crippen molar-refractivity contribution in [1.29, 1.82) is 0 Å². The summed E-state index contributed by atoms with van der Waals surface area (Å²) in [6.07, 6.45) is 0. The van der Waals surface area contributed by atoms with Crippen LogP contribution >= 0.6 is 22.6 Å². The van der Waals surface area contributed by atoms with E-state index in [9.17, 15) is 8.78 Å². The van der Waals surface area contributed by atoms with E-state index >= 15 is 0 Å². The second kappa shape index (κ2) is 3.60. The topological polar surface area (TPSA) is 38.9 Å². The molecule has 3 nitrogen and oxygen atoms in total. The number of benzene rings is 1. The molecule has 0 spiro atoms. The highest BCUT2D eigenvalue weighted by atomic mass is 127. The van der Waals surface area contributed by atoms with Gasteiger partial charge >= 0.3 is 0 Å². The van der Waals surface area contributed by atoms with Crippen LogP contribution in [0.3, 0.4) is 0 Å². The zero-order valence-electron chi connectivity index (χ0n) is 6.67. The van der Waals surface area contributed by atoms with Crippen molar-refractivity contribution in [2.45, 2.75) is 0 Å². The summed E-state index contributed by atoms with van der Waals surface area (Å²) >= 11 is 1.81. The van der Waals surface area contributed by atoms with Crippen molar-refractivity contribution < 1.29 is 13.2 Å². The zero-order valence-corrected chi connectivity index (χ0v) is 8.83. The fourth-order valence-electron chi connectivity index (χ4n) is 0.977. The summed E-state index contributed by atoms with van der Waals surface area (Å²) in [5.41, 5.74) is 0.0989. The lowest BCUT2D eigenvalue weighted by molar-refractivity contribution is 0.527. The molecule has 0 aliphatic rings. The molecule has 1 aromatic carbocycles. The largest absolute Gasteiger partial charge is 0.412 e. The van der Waals surface area contributed by atoms with Crippen LogP contribution in [-0.2, 0) is 0 Å². The highest BCUT2D eigenvalue weighted by Gasteiger charge is 2.12. The lowest BCUT2D eigenvalue weighted by Gasteiger charge is -1.96. The van der Waals surface area contributed by atoms with E-state index in [1.165, 1.54) is 6.07 Å². The Bertz CT molecular complexity index is 472. The lowest BCUT2D eigenvalue weighted by Crippen LogP contribution is -1.86. The molecule has 1 heterocycles. The molecule has 6 heteroatoms. The molecule has 0 unspecified atom stereocenters. The van der Waals surface area contributed by atoms with Gasteiger partial charge < -0.3 is 4.42 Å². The molecule has 0 radical (unpaired) electrons. The predicted molar refractivity (Wildman–Crippen MR) is 52.4 cm³/mol. The number of nitrogens with zero attached hydrogens (tertiary/aromatic N) is 2. The van der Waals surface area contributed by atoms with Crippen LogP contribution in [0.1, 0.15) is 0 Å². The minimum Gasteiger partial charge on any atom is -0.412 e. The van der Waals surface area contributed by atoms with Crippen LogP contribution in [0.2, 0.25) is 0 Å². The zero-order chi connectivity index (χ0) is 10.1. The van der Waals surface area contributed by atoms with Crippen LogP contribution in [0, 0.1) is 15.5 Å². The van der Waals surface area contributed by atoms with E-state index in [-0.39, 0.29) is 11.5 Å². The SMILES string of the molecule is Fc1ccc(-c2nnc(I)o2)c(F)c1. The molecule has 0 aliphatic carbocycles. The molecular formula is C8H3F2IN2O. The van der Waals surface area contributed by atoms with Crippen LogP contribution < -0.4 is 0 Å². The van der Waals surface area contributed by atoms with Crippen molar-refractivity contribution in [2.24, 2.45) is 0 Å². The summed E-state index contributed by atoms with van der Waals surface area (Å²) in [4.78, 5) is 0. The molecule has 14 heavy (non-hydrogen) atoms. The second-order valence-corrected chi connectivity index (χ2v) is 3.41. The molecule has 0 atom stereocenters. The molecule has 1 aromatic heterocycles. The van der Waals surface area contributed by atoms with Crippen molar-refractivity contribution in [3.05, 3.63) is 33.7 Å². The van der Waals surface area contributed by atoms with Gasteiger partial charge in [-0.1, -0.05) is 0 Å². The minimum absolute atomic E-state index is 0.0481. The number of rotatable bonds is 1. The van der Waals surface area contributed by atoms with Crippen LogP contribution in [-0.4, -0.2) is 10.2 Å². The summed E-state index contributed by atoms with van der Waals surface area (Å²) in [7, 11) is 0. The van der Waals surface area contributed by atoms with E-state index in [1.807, 2.05) is 22.6 Å². The third-order valence-electron chi connectivity index (χ3n) is 1.56. The first-order valence-corrected chi connectivity index (χ1v) is 4.69. The van der Waals surface area contributed by atoms with Crippen molar-refractivity contribution in [2.75, 3.05) is 0 Å². The van der Waals surface area contributed by atoms with Crippen LogP contribution in [0.15, 0.2) is 22.6 Å². The molecule has 2 aromatic rings. The molecule has 0 N–H and O–H groups in total. The molecule has 0 aliphatic heterocycles. The van der Waals surface area contributed by atoms with Gasteiger partial charge in [0.2, 0.25) is 0 Å². The third-order valence-corrected chi connectivity index (χ3v) is 2.00. The first kappa shape index (κ1) is 9.50. The number of aromatic nitrogens is 2. The summed E-state index contributed by atoms with van der Waals surface area (Å²) in [6, 6.07) is 3.16. The molecule has 0 amide bonds. The standard InChI is InChI=1S/C8H3F2IN2O/c9-4-1-2-5(6(10)3-4)7-12-13-8(11)14-7/h1-3H. The monoisotopic (exact) mass is 308 g/mol. The molecule has 0 saturated carbocycles. The maximum absolute atomic E-state index is 13.2. The first-order valence-electron chi connectivity index (χ1n) is 3.61. The van der Waals surface area contributed by atoms with E-state index in [0.717, 1.165) is 12.1 Å². The Hall–Kier alpha value is -1.05. The molecule has 72 valence electrons. The van der Waals surface area contributed by atoms with Gasteiger partial charge in [-0.05, 0) is 12.1 Å². The van der Waals surface area contributed by atoms with Gasteiger partial charge in [-0.15, -0.1) is 10.2 Å². The van der Waals surface area contributed by atoms with Crippen molar-refractivity contribution in [3.63, 3.8) is 0 Å². The van der Waals surface area contributed by atoms with Gasteiger partial charge in [0, 0.05) is 28.7 Å². The first-order chi connectivity index (χ1) is 6.66. The van der Waals surface area contributed by atoms with Crippen molar-refractivity contribution >= 4 is 22.6 Å². The summed E-state index contributed by atoms with van der Waals surface area (Å²) < 4.78 is 31.0. The van der Waals surface area contributed by atoms with Gasteiger partial charge in [0.05, 0.1) is 5.56 Å². The highest BCUT2D eigenvalue weighted by Crippen LogP contribution is 2.22. The van der Waals surface area contributed by atoms with Gasteiger partial charge in [0.25, 0.3) is 9.79 Å². The number of hydrogen-bond acceptors (Lipinski definition) is 3. The van der Waals surface area contributed by atoms with E-state index in [0.29, 0.717) is 3.90 Å². The number of hydrogen-bond donors (Lipinski definition) is 0. The average Bonchev–Trinajstić information content (AvgIpc) is 2.51. The van der Waals surface area contributed by atoms with E-state index in [4.69, 9.17) is 4.42 Å². The van der Waals surface area contributed by atoms with Gasteiger partial charge in [-0.2, -0.15) is 0 Å². The second-order valence-electron chi connectivity index (χ2n) is 2.48. The highest BCUT2D eigenvalue weighted by molar-refractivity contribution is 14.1. The molecule has 2 rings (SSSR count). The Morgan fingerprint density at radius 1 is 1.21 bits per heavy atom. The average molecular weight is 308 g/mol. The maximum atomic E-state index is 13.2. The smallest absolute Gasteiger partial charge is 0.278 e. The Balaban J connectivity index is 2.52. The van der Waals surface area contributed by atoms with Crippen LogP contribution in [0.5, 0.6) is 0 Å². The molecule has 0 fully saturated rings. The summed E-state index contributed by atoms with van der Waals surface area (Å²) in [5, 5.41) is 7.16. The Morgan fingerprint density at radius 2 is 2.00 bits per heavy atom. The third kappa shape index (κ3) is 1.74. The molecule has 0 bridgehead atoms. The lowest BCUT2D eigenvalue weighted by atomic mass is 10.2. The predicted octanol–water partition coefficient (Wildman–Crippen LogP) is 2.62. The molecular weight excluding hydrogens is 305 g/mol. The van der Waals surface area contributed by atoms with Gasteiger partial charge in [-0.3, -0.25) is 0 Å². The van der Waals surface area contributed by atoms with E-state index in [1.54, 1.807) is 0 Å². The van der Waals surface area contributed by atoms with Gasteiger partial charge in [-0.25, -0.2) is 8.78 Å². The minimum atomic E-state index is -0.718. The normalized spacial score (nSPS) is 10.5. The summed E-state index contributed by atoms with van der Waals surface area (Å²) in [5.74, 6) is -1.31. The maximum Gasteiger partial charge on any atom is 0.278 e. The van der Waals surface area contributed by atoms with E-state index < -0.39 is 11.6 Å². The quantitative estimate of drug-likeness (QED) is 0.760. The fourth-order valence-corrected chi connectivity index (χ4v) is 1.29. The van der Waals surface area contributed by atoms with Crippen molar-refractivity contribution in [1.82, 2.24) is 10.2 Å². The number of halogens is 3. The van der Waals surface area contributed by atoms with Crippen LogP contribution in [0.25, 0.3) is 11.5 Å². The summed E-state index contributed by atoms with van der Waals surface area (Å²) in [6.45, 7) is 0. The van der Waals surface area contributed by atoms with Crippen molar-refractivity contribution in [3.8, 4) is 11.5 Å². The van der Waals surface area contributed by atoms with E-state index in [2.05, 4.69) is 10.2 Å². The Kier molecular flexibility index (Phi) is 2.44. The fraction of sp³-hybridized carbons (Fsp3) is 0. The van der Waals surface area contributed by atoms with Crippen LogP contribution in [0.4, 0.5) is 8.78 Å².